The molecule has 8 heteroatoms. The van der Waals surface area contributed by atoms with Crippen molar-refractivity contribution in [3.05, 3.63) is 0 Å². The van der Waals surface area contributed by atoms with E-state index in [1.54, 1.807) is 0 Å². The number of carbonyl (C=O) groups is 3. The first-order chi connectivity index (χ1) is 9.29. The number of halogens is 1. The molecule has 0 radical (unpaired) electrons. The van der Waals surface area contributed by atoms with Gasteiger partial charge in [-0.15, -0.1) is 0 Å². The van der Waals surface area contributed by atoms with E-state index in [4.69, 9.17) is 18.9 Å². The summed E-state index contributed by atoms with van der Waals surface area (Å²) < 4.78 is 20.7. The van der Waals surface area contributed by atoms with Gasteiger partial charge in [0.1, 0.15) is 23.8 Å². The summed E-state index contributed by atoms with van der Waals surface area (Å²) >= 11 is 3.27. The Kier molecular flexibility index (Phi) is 6.41. The van der Waals surface area contributed by atoms with Crippen molar-refractivity contribution in [2.45, 2.75) is 50.5 Å². The van der Waals surface area contributed by atoms with Crippen LogP contribution < -0.4 is 0 Å². The van der Waals surface area contributed by atoms with Crippen molar-refractivity contribution < 1.29 is 33.3 Å². The first kappa shape index (κ1) is 16.9. The molecule has 0 aromatic carbocycles. The molecule has 0 N–H and O–H groups in total. The zero-order valence-corrected chi connectivity index (χ0v) is 13.0. The van der Waals surface area contributed by atoms with Crippen molar-refractivity contribution in [1.82, 2.24) is 0 Å². The van der Waals surface area contributed by atoms with Crippen molar-refractivity contribution in [3.8, 4) is 0 Å². The third-order valence-corrected chi connectivity index (χ3v) is 3.13. The highest BCUT2D eigenvalue weighted by Crippen LogP contribution is 2.28. The minimum Gasteiger partial charge on any atom is -0.463 e. The molecule has 1 unspecified atom stereocenters. The molecule has 0 saturated carbocycles. The fourth-order valence-corrected chi connectivity index (χ4v) is 2.53. The van der Waals surface area contributed by atoms with E-state index in [1.807, 2.05) is 0 Å². The molecule has 1 rings (SSSR count). The third kappa shape index (κ3) is 5.46. The van der Waals surface area contributed by atoms with Crippen LogP contribution in [0.4, 0.5) is 0 Å². The van der Waals surface area contributed by atoms with E-state index in [0.717, 1.165) is 0 Å². The summed E-state index contributed by atoms with van der Waals surface area (Å²) in [4.78, 5) is 33.2. The lowest BCUT2D eigenvalue weighted by Crippen LogP contribution is -2.52. The summed E-state index contributed by atoms with van der Waals surface area (Å²) in [6.45, 7) is 3.69. The lowest BCUT2D eigenvalue weighted by Gasteiger charge is -2.38. The predicted molar refractivity (Wildman–Crippen MR) is 69.9 cm³/mol. The summed E-state index contributed by atoms with van der Waals surface area (Å²) in [6.07, 6.45) is -1.85. The zero-order valence-electron chi connectivity index (χ0n) is 11.5. The highest BCUT2D eigenvalue weighted by Gasteiger charge is 2.42. The molecule has 1 heterocycles. The second-order valence-corrected chi connectivity index (χ2v) is 5.37. The number of carbonyl (C=O) groups excluding carboxylic acids is 3. The highest BCUT2D eigenvalue weighted by atomic mass is 79.9. The summed E-state index contributed by atoms with van der Waals surface area (Å²) in [6, 6.07) is 0. The van der Waals surface area contributed by atoms with Gasteiger partial charge in [0.05, 0.1) is 0 Å². The molecule has 0 aliphatic carbocycles. The Morgan fingerprint density at radius 2 is 1.70 bits per heavy atom. The normalized spacial score (nSPS) is 29.4. The van der Waals surface area contributed by atoms with E-state index in [9.17, 15) is 14.4 Å². The van der Waals surface area contributed by atoms with Crippen molar-refractivity contribution >= 4 is 33.8 Å². The molecular weight excluding hydrogens is 336 g/mol. The first-order valence-electron chi connectivity index (χ1n) is 6.07. The predicted octanol–water partition coefficient (Wildman–Crippen LogP) is 0.923. The van der Waals surface area contributed by atoms with Gasteiger partial charge in [0, 0.05) is 27.2 Å². The Morgan fingerprint density at radius 3 is 2.20 bits per heavy atom. The smallest absolute Gasteiger partial charge is 0.303 e. The maximum absolute atomic E-state index is 11.2. The fraction of sp³-hybridized carbons (Fsp3) is 0.750. The van der Waals surface area contributed by atoms with Gasteiger partial charge in [-0.1, -0.05) is 15.9 Å². The molecule has 1 aliphatic heterocycles. The van der Waals surface area contributed by atoms with Gasteiger partial charge >= 0.3 is 17.9 Å². The van der Waals surface area contributed by atoms with Crippen LogP contribution in [0.15, 0.2) is 0 Å². The minimum absolute atomic E-state index is 0.0901. The van der Waals surface area contributed by atoms with Crippen LogP contribution in [0.2, 0.25) is 0 Å². The fourth-order valence-electron chi connectivity index (χ4n) is 1.88. The summed E-state index contributed by atoms with van der Waals surface area (Å²) in [5.74, 6) is -1.49. The Bertz CT molecular complexity index is 384. The Hall–Kier alpha value is -1.15. The first-order valence-corrected chi connectivity index (χ1v) is 6.98. The second-order valence-electron chi connectivity index (χ2n) is 4.34. The van der Waals surface area contributed by atoms with Crippen LogP contribution in [0.1, 0.15) is 27.2 Å². The van der Waals surface area contributed by atoms with Gasteiger partial charge in [-0.3, -0.25) is 14.4 Å². The van der Waals surface area contributed by atoms with E-state index in [-0.39, 0.29) is 11.6 Å². The molecule has 1 saturated heterocycles. The third-order valence-electron chi connectivity index (χ3n) is 2.54. The zero-order chi connectivity index (χ0) is 15.3. The average molecular weight is 353 g/mol. The standard InChI is InChI=1S/C12H17BrO7/c1-6(14)17-5-10-12(19-8(3)16)9(18-7(2)15)4-11(13)20-10/h9-12H,4-5H2,1-3H3/t9-,10-,11?,12+/m0/s1. The summed E-state index contributed by atoms with van der Waals surface area (Å²) in [5.41, 5.74) is 0. The minimum atomic E-state index is -0.815. The van der Waals surface area contributed by atoms with E-state index in [2.05, 4.69) is 15.9 Å². The molecule has 0 bridgehead atoms. The number of rotatable bonds is 4. The molecule has 114 valence electrons. The molecule has 1 fully saturated rings. The Balaban J connectivity index is 2.82. The number of ether oxygens (including phenoxy) is 4. The molecule has 1 aliphatic rings. The molecule has 0 spiro atoms. The molecule has 4 atom stereocenters. The number of esters is 3. The van der Waals surface area contributed by atoms with Crippen LogP contribution in [0, 0.1) is 0 Å². The van der Waals surface area contributed by atoms with Crippen LogP contribution in [-0.2, 0) is 33.3 Å². The quantitative estimate of drug-likeness (QED) is 0.422. The summed E-state index contributed by atoms with van der Waals surface area (Å²) in [5, 5.41) is -0.390. The van der Waals surface area contributed by atoms with Gasteiger partial charge in [0.25, 0.3) is 0 Å². The number of hydrogen-bond donors (Lipinski definition) is 0. The monoisotopic (exact) mass is 352 g/mol. The molecule has 20 heavy (non-hydrogen) atoms. The van der Waals surface area contributed by atoms with Crippen molar-refractivity contribution in [1.29, 1.82) is 0 Å². The maximum atomic E-state index is 11.2. The average Bonchev–Trinajstić information content (AvgIpc) is 2.28. The van der Waals surface area contributed by atoms with Crippen LogP contribution in [0.25, 0.3) is 0 Å². The van der Waals surface area contributed by atoms with Gasteiger partial charge < -0.3 is 18.9 Å². The van der Waals surface area contributed by atoms with Gasteiger partial charge in [-0.05, 0) is 0 Å². The molecule has 7 nitrogen and oxygen atoms in total. The highest BCUT2D eigenvalue weighted by molar-refractivity contribution is 9.09. The van der Waals surface area contributed by atoms with E-state index >= 15 is 0 Å². The van der Waals surface area contributed by atoms with Crippen molar-refractivity contribution in [3.63, 3.8) is 0 Å². The van der Waals surface area contributed by atoms with Gasteiger partial charge in [-0.25, -0.2) is 0 Å². The maximum Gasteiger partial charge on any atom is 0.303 e. The number of hydrogen-bond acceptors (Lipinski definition) is 7. The van der Waals surface area contributed by atoms with E-state index in [1.165, 1.54) is 20.8 Å². The van der Waals surface area contributed by atoms with Crippen LogP contribution >= 0.6 is 15.9 Å². The van der Waals surface area contributed by atoms with Crippen LogP contribution in [0.3, 0.4) is 0 Å². The molecule has 0 aromatic heterocycles. The van der Waals surface area contributed by atoms with E-state index in [0.29, 0.717) is 6.42 Å². The van der Waals surface area contributed by atoms with E-state index < -0.39 is 36.2 Å². The van der Waals surface area contributed by atoms with Gasteiger partial charge in [0.2, 0.25) is 0 Å². The van der Waals surface area contributed by atoms with Gasteiger partial charge in [0.15, 0.2) is 6.10 Å². The summed E-state index contributed by atoms with van der Waals surface area (Å²) in [7, 11) is 0. The van der Waals surface area contributed by atoms with Crippen LogP contribution in [-0.4, -0.2) is 47.8 Å². The molecule has 0 aromatic rings. The lowest BCUT2D eigenvalue weighted by molar-refractivity contribution is -0.203. The van der Waals surface area contributed by atoms with Crippen LogP contribution in [0.5, 0.6) is 0 Å². The van der Waals surface area contributed by atoms with Crippen molar-refractivity contribution in [2.75, 3.05) is 6.61 Å². The van der Waals surface area contributed by atoms with Gasteiger partial charge in [-0.2, -0.15) is 0 Å². The second kappa shape index (κ2) is 7.58. The lowest BCUT2D eigenvalue weighted by atomic mass is 10.0. The Labute approximate surface area is 125 Å². The molecular formula is C12H17BrO7. The Morgan fingerprint density at radius 1 is 1.10 bits per heavy atom. The molecule has 0 amide bonds. The topological polar surface area (TPSA) is 88.1 Å². The number of alkyl halides is 1. The SMILES string of the molecule is CC(=O)OC[C@@H]1OC(Br)C[C@H](OC(C)=O)[C@H]1OC(C)=O. The largest absolute Gasteiger partial charge is 0.463 e. The van der Waals surface area contributed by atoms with Crippen molar-refractivity contribution in [2.24, 2.45) is 0 Å².